The second-order valence-electron chi connectivity index (χ2n) is 9.35. The monoisotopic (exact) mass is 543 g/mol. The number of aromatic nitrogens is 1. The van der Waals surface area contributed by atoms with Crippen molar-refractivity contribution in [3.8, 4) is 0 Å². The van der Waals surface area contributed by atoms with Crippen molar-refractivity contribution in [3.63, 3.8) is 0 Å². The van der Waals surface area contributed by atoms with Crippen molar-refractivity contribution >= 4 is 48.3 Å². The minimum Gasteiger partial charge on any atom is -0.467 e. The van der Waals surface area contributed by atoms with Gasteiger partial charge in [-0.15, -0.1) is 0 Å². The fourth-order valence-corrected chi connectivity index (χ4v) is 7.22. The number of hydrogen-bond acceptors (Lipinski definition) is 6. The molecule has 5 aromatic rings. The third kappa shape index (κ3) is 4.27. The van der Waals surface area contributed by atoms with Crippen molar-refractivity contribution in [3.05, 3.63) is 107 Å². The number of anilines is 2. The highest BCUT2D eigenvalue weighted by molar-refractivity contribution is 7.92. The van der Waals surface area contributed by atoms with E-state index >= 15 is 0 Å². The number of sulfonamides is 1. The van der Waals surface area contributed by atoms with Crippen LogP contribution >= 0.6 is 11.3 Å². The Morgan fingerprint density at radius 3 is 2.55 bits per heavy atom. The zero-order valence-corrected chi connectivity index (χ0v) is 22.6. The second-order valence-corrected chi connectivity index (χ2v) is 12.2. The molecule has 0 bridgehead atoms. The van der Waals surface area contributed by atoms with Crippen LogP contribution in [0.1, 0.15) is 32.8 Å². The zero-order chi connectivity index (χ0) is 26.4. The Bertz CT molecular complexity index is 1720. The highest BCUT2D eigenvalue weighted by atomic mass is 32.2. The number of aryl methyl sites for hydroxylation is 2. The Labute approximate surface area is 225 Å². The van der Waals surface area contributed by atoms with E-state index in [2.05, 4.69) is 13.0 Å². The Balaban J connectivity index is 1.33. The van der Waals surface area contributed by atoms with E-state index in [0.29, 0.717) is 35.1 Å². The van der Waals surface area contributed by atoms with Crippen LogP contribution in [-0.2, 0) is 23.0 Å². The maximum atomic E-state index is 13.8. The molecule has 0 atom stereocenters. The Morgan fingerprint density at radius 2 is 1.79 bits per heavy atom. The van der Waals surface area contributed by atoms with E-state index in [9.17, 15) is 13.2 Å². The van der Waals surface area contributed by atoms with Gasteiger partial charge in [-0.05, 0) is 91.6 Å². The van der Waals surface area contributed by atoms with E-state index in [4.69, 9.17) is 9.40 Å². The van der Waals surface area contributed by atoms with E-state index in [-0.39, 0.29) is 17.3 Å². The number of hydrogen-bond donors (Lipinski definition) is 0. The van der Waals surface area contributed by atoms with E-state index in [1.54, 1.807) is 29.4 Å². The van der Waals surface area contributed by atoms with Gasteiger partial charge in [0, 0.05) is 12.1 Å². The molecule has 3 aromatic carbocycles. The molecule has 0 fully saturated rings. The summed E-state index contributed by atoms with van der Waals surface area (Å²) in [5.74, 6) is 0.334. The van der Waals surface area contributed by atoms with Crippen LogP contribution in [0.3, 0.4) is 0 Å². The molecule has 1 aliphatic heterocycles. The van der Waals surface area contributed by atoms with Crippen molar-refractivity contribution in [2.75, 3.05) is 15.7 Å². The Morgan fingerprint density at radius 1 is 1.03 bits per heavy atom. The van der Waals surface area contributed by atoms with Gasteiger partial charge in [-0.1, -0.05) is 29.5 Å². The lowest BCUT2D eigenvalue weighted by Crippen LogP contribution is -2.31. The van der Waals surface area contributed by atoms with Crippen molar-refractivity contribution in [2.24, 2.45) is 0 Å². The van der Waals surface area contributed by atoms with Gasteiger partial charge >= 0.3 is 0 Å². The molecule has 0 aliphatic carbocycles. The normalized spacial score (nSPS) is 13.2. The SMILES string of the molecule is Cc1cc2nc(N(Cc3ccco3)C(=O)c3ccc(S(=O)(=O)N4CCc5ccccc54)cc3)sc2cc1C. The lowest BCUT2D eigenvalue weighted by atomic mass is 10.1. The minimum absolute atomic E-state index is 0.147. The molecular formula is C29H25N3O4S2. The van der Waals surface area contributed by atoms with Gasteiger partial charge in [0.1, 0.15) is 5.76 Å². The standard InChI is InChI=1S/C29H25N3O4S2/c1-19-16-25-27(17-20(19)2)37-29(30-25)31(18-23-7-5-15-36-23)28(33)22-9-11-24(12-10-22)38(34,35)32-14-13-21-6-3-4-8-26(21)32/h3-12,15-17H,13-14,18H2,1-2H3. The van der Waals surface area contributed by atoms with Crippen LogP contribution in [0.2, 0.25) is 0 Å². The average Bonchev–Trinajstić information content (AvgIpc) is 3.67. The third-order valence-electron chi connectivity index (χ3n) is 6.90. The predicted molar refractivity (Wildman–Crippen MR) is 149 cm³/mol. The van der Waals surface area contributed by atoms with E-state index < -0.39 is 10.0 Å². The summed E-state index contributed by atoms with van der Waals surface area (Å²) in [6, 6.07) is 21.3. The molecule has 6 rings (SSSR count). The lowest BCUT2D eigenvalue weighted by Gasteiger charge is -2.21. The van der Waals surface area contributed by atoms with Gasteiger partial charge in [0.2, 0.25) is 0 Å². The Hall–Kier alpha value is -3.95. The van der Waals surface area contributed by atoms with Crippen molar-refractivity contribution in [2.45, 2.75) is 31.7 Å². The minimum atomic E-state index is -3.75. The number of thiazole rings is 1. The third-order valence-corrected chi connectivity index (χ3v) is 9.77. The van der Waals surface area contributed by atoms with Crippen LogP contribution < -0.4 is 9.21 Å². The van der Waals surface area contributed by atoms with Crippen LogP contribution in [0.4, 0.5) is 10.8 Å². The molecule has 0 radical (unpaired) electrons. The predicted octanol–water partition coefficient (Wildman–Crippen LogP) is 6.10. The molecule has 0 saturated carbocycles. The summed E-state index contributed by atoms with van der Waals surface area (Å²) in [6.07, 6.45) is 2.24. The largest absolute Gasteiger partial charge is 0.467 e. The number of nitrogens with zero attached hydrogens (tertiary/aromatic N) is 3. The number of carbonyl (C=O) groups excluding carboxylic acids is 1. The number of rotatable bonds is 6. The summed E-state index contributed by atoms with van der Waals surface area (Å²) < 4.78 is 34.8. The first-order valence-corrected chi connectivity index (χ1v) is 14.5. The molecule has 1 aliphatic rings. The summed E-state index contributed by atoms with van der Waals surface area (Å²) in [7, 11) is -3.75. The first-order chi connectivity index (χ1) is 18.3. The molecule has 7 nitrogen and oxygen atoms in total. The van der Waals surface area contributed by atoms with Crippen molar-refractivity contribution in [1.29, 1.82) is 0 Å². The number of amides is 1. The molecule has 0 unspecified atom stereocenters. The van der Waals surface area contributed by atoms with E-state index in [0.717, 1.165) is 26.9 Å². The van der Waals surface area contributed by atoms with Crippen LogP contribution in [-0.4, -0.2) is 25.9 Å². The van der Waals surface area contributed by atoms with E-state index in [1.807, 2.05) is 43.3 Å². The first kappa shape index (κ1) is 24.4. The van der Waals surface area contributed by atoms with Crippen LogP contribution in [0.25, 0.3) is 10.2 Å². The molecule has 3 heterocycles. The van der Waals surface area contributed by atoms with Crippen molar-refractivity contribution < 1.29 is 17.6 Å². The first-order valence-electron chi connectivity index (χ1n) is 12.2. The average molecular weight is 544 g/mol. The van der Waals surface area contributed by atoms with Gasteiger partial charge in [0.05, 0.1) is 33.6 Å². The molecule has 0 saturated heterocycles. The van der Waals surface area contributed by atoms with Gasteiger partial charge in [-0.25, -0.2) is 13.4 Å². The number of fused-ring (bicyclic) bond motifs is 2. The molecule has 9 heteroatoms. The van der Waals surface area contributed by atoms with Crippen LogP contribution in [0.15, 0.2) is 88.4 Å². The quantitative estimate of drug-likeness (QED) is 0.258. The number of carbonyl (C=O) groups is 1. The maximum absolute atomic E-state index is 13.8. The molecule has 192 valence electrons. The summed E-state index contributed by atoms with van der Waals surface area (Å²) in [4.78, 5) is 20.2. The highest BCUT2D eigenvalue weighted by Gasteiger charge is 2.31. The highest BCUT2D eigenvalue weighted by Crippen LogP contribution is 2.34. The molecule has 0 N–H and O–H groups in total. The number of benzene rings is 3. The van der Waals surface area contributed by atoms with Gasteiger partial charge in [-0.2, -0.15) is 0 Å². The fourth-order valence-electron chi connectivity index (χ4n) is 4.68. The maximum Gasteiger partial charge on any atom is 0.264 e. The molecule has 1 amide bonds. The smallest absolute Gasteiger partial charge is 0.264 e. The summed E-state index contributed by atoms with van der Waals surface area (Å²) in [5, 5.41) is 0.553. The Kier molecular flexibility index (Phi) is 6.04. The summed E-state index contributed by atoms with van der Waals surface area (Å²) in [6.45, 7) is 4.69. The summed E-state index contributed by atoms with van der Waals surface area (Å²) in [5.41, 5.74) is 5.21. The number of para-hydroxylation sites is 1. The van der Waals surface area contributed by atoms with Crippen LogP contribution in [0, 0.1) is 13.8 Å². The summed E-state index contributed by atoms with van der Waals surface area (Å²) >= 11 is 1.44. The molecule has 0 spiro atoms. The van der Waals surface area contributed by atoms with Gasteiger partial charge in [-0.3, -0.25) is 14.0 Å². The van der Waals surface area contributed by atoms with Gasteiger partial charge in [0.15, 0.2) is 5.13 Å². The number of furan rings is 1. The van der Waals surface area contributed by atoms with Crippen molar-refractivity contribution in [1.82, 2.24) is 4.98 Å². The van der Waals surface area contributed by atoms with E-state index in [1.165, 1.54) is 27.8 Å². The van der Waals surface area contributed by atoms with Crippen LogP contribution in [0.5, 0.6) is 0 Å². The topological polar surface area (TPSA) is 83.7 Å². The molecule has 2 aromatic heterocycles. The fraction of sp³-hybridized carbons (Fsp3) is 0.172. The zero-order valence-electron chi connectivity index (χ0n) is 20.9. The lowest BCUT2D eigenvalue weighted by molar-refractivity contribution is 0.0983. The molecule has 38 heavy (non-hydrogen) atoms. The van der Waals surface area contributed by atoms with Gasteiger partial charge in [0.25, 0.3) is 15.9 Å². The van der Waals surface area contributed by atoms with Gasteiger partial charge < -0.3 is 4.42 Å². The second kappa shape index (κ2) is 9.41. The molecular weight excluding hydrogens is 518 g/mol.